The van der Waals surface area contributed by atoms with Gasteiger partial charge in [0.25, 0.3) is 5.56 Å². The summed E-state index contributed by atoms with van der Waals surface area (Å²) in [6.07, 6.45) is 0.536. The number of amides is 1. The largest absolute Gasteiger partial charge is 0.355 e. The molecular formula is C15H15N3O2. The molecule has 3 rings (SSSR count). The molecule has 1 aliphatic rings. The van der Waals surface area contributed by atoms with Gasteiger partial charge in [-0.1, -0.05) is 24.3 Å². The number of hydrogen-bond donors (Lipinski definition) is 2. The molecule has 5 heteroatoms. The van der Waals surface area contributed by atoms with Crippen LogP contribution in [0.5, 0.6) is 0 Å². The van der Waals surface area contributed by atoms with Gasteiger partial charge in [-0.2, -0.15) is 5.10 Å². The Bertz CT molecular complexity index is 704. The van der Waals surface area contributed by atoms with Crippen molar-refractivity contribution < 1.29 is 4.79 Å². The number of aromatic amines is 1. The van der Waals surface area contributed by atoms with Gasteiger partial charge in [0.1, 0.15) is 0 Å². The van der Waals surface area contributed by atoms with Gasteiger partial charge in [-0.05, 0) is 24.1 Å². The van der Waals surface area contributed by atoms with Crippen LogP contribution in [0.3, 0.4) is 0 Å². The van der Waals surface area contributed by atoms with Crippen molar-refractivity contribution in [1.29, 1.82) is 0 Å². The molecule has 1 aromatic carbocycles. The van der Waals surface area contributed by atoms with E-state index in [2.05, 4.69) is 15.5 Å². The predicted octanol–water partition coefficient (Wildman–Crippen LogP) is 1.35. The van der Waals surface area contributed by atoms with E-state index in [9.17, 15) is 9.59 Å². The molecule has 2 N–H and O–H groups in total. The van der Waals surface area contributed by atoms with Crippen LogP contribution in [0.4, 0.5) is 0 Å². The van der Waals surface area contributed by atoms with Crippen LogP contribution in [0.15, 0.2) is 35.1 Å². The van der Waals surface area contributed by atoms with Gasteiger partial charge in [-0.15, -0.1) is 0 Å². The molecule has 0 bridgehead atoms. The summed E-state index contributed by atoms with van der Waals surface area (Å²) >= 11 is 0. The summed E-state index contributed by atoms with van der Waals surface area (Å²) in [7, 11) is 0. The average Bonchev–Trinajstić information content (AvgIpc) is 2.88. The van der Waals surface area contributed by atoms with Gasteiger partial charge >= 0.3 is 0 Å². The third kappa shape index (κ3) is 2.34. The third-order valence-corrected chi connectivity index (χ3v) is 3.60. The quantitative estimate of drug-likeness (QED) is 0.864. The number of hydrogen-bond acceptors (Lipinski definition) is 3. The van der Waals surface area contributed by atoms with Crippen molar-refractivity contribution in [2.45, 2.75) is 19.3 Å². The Morgan fingerprint density at radius 3 is 2.60 bits per heavy atom. The van der Waals surface area contributed by atoms with Crippen molar-refractivity contribution in [2.24, 2.45) is 0 Å². The first kappa shape index (κ1) is 12.6. The molecule has 1 saturated heterocycles. The van der Waals surface area contributed by atoms with E-state index in [0.717, 1.165) is 16.8 Å². The monoisotopic (exact) mass is 269 g/mol. The van der Waals surface area contributed by atoms with Crippen LogP contribution in [-0.2, 0) is 4.79 Å². The molecule has 1 amide bonds. The van der Waals surface area contributed by atoms with Gasteiger partial charge in [-0.3, -0.25) is 9.59 Å². The highest BCUT2D eigenvalue weighted by Gasteiger charge is 2.22. The minimum absolute atomic E-state index is 0.0975. The highest BCUT2D eigenvalue weighted by Crippen LogP contribution is 2.25. The fraction of sp³-hybridized carbons (Fsp3) is 0.267. The fourth-order valence-corrected chi connectivity index (χ4v) is 2.50. The van der Waals surface area contributed by atoms with E-state index in [1.54, 1.807) is 6.07 Å². The SMILES string of the molecule is Cc1cc(-c2ccc(C3CNC(=O)C3)cc2)c(=O)[nH]n1. The van der Waals surface area contributed by atoms with Crippen molar-refractivity contribution in [3.63, 3.8) is 0 Å². The van der Waals surface area contributed by atoms with Gasteiger partial charge in [0.2, 0.25) is 5.91 Å². The Kier molecular flexibility index (Phi) is 3.10. The van der Waals surface area contributed by atoms with Gasteiger partial charge in [-0.25, -0.2) is 5.10 Å². The minimum Gasteiger partial charge on any atom is -0.355 e. The second-order valence-electron chi connectivity index (χ2n) is 5.08. The third-order valence-electron chi connectivity index (χ3n) is 3.60. The number of H-pyrrole nitrogens is 1. The van der Waals surface area contributed by atoms with E-state index in [1.807, 2.05) is 31.2 Å². The van der Waals surface area contributed by atoms with Crippen LogP contribution in [0.25, 0.3) is 11.1 Å². The van der Waals surface area contributed by atoms with E-state index >= 15 is 0 Å². The highest BCUT2D eigenvalue weighted by molar-refractivity contribution is 5.79. The summed E-state index contributed by atoms with van der Waals surface area (Å²) in [4.78, 5) is 23.0. The van der Waals surface area contributed by atoms with Crippen LogP contribution < -0.4 is 10.9 Å². The van der Waals surface area contributed by atoms with Crippen molar-refractivity contribution in [1.82, 2.24) is 15.5 Å². The second-order valence-corrected chi connectivity index (χ2v) is 5.08. The first-order valence-electron chi connectivity index (χ1n) is 6.57. The van der Waals surface area contributed by atoms with Crippen molar-refractivity contribution in [3.8, 4) is 11.1 Å². The molecule has 102 valence electrons. The molecule has 20 heavy (non-hydrogen) atoms. The van der Waals surface area contributed by atoms with Gasteiger partial charge in [0.05, 0.1) is 11.3 Å². The fourth-order valence-electron chi connectivity index (χ4n) is 2.50. The number of carbonyl (C=O) groups excluding carboxylic acids is 1. The van der Waals surface area contributed by atoms with Gasteiger partial charge in [0, 0.05) is 18.9 Å². The van der Waals surface area contributed by atoms with Crippen molar-refractivity contribution in [2.75, 3.05) is 6.54 Å². The zero-order valence-electron chi connectivity index (χ0n) is 11.1. The first-order chi connectivity index (χ1) is 9.63. The number of benzene rings is 1. The summed E-state index contributed by atoms with van der Waals surface area (Å²) in [5.74, 6) is 0.328. The standard InChI is InChI=1S/C15H15N3O2/c1-9-6-13(15(20)18-17-9)11-4-2-10(3-5-11)12-7-14(19)16-8-12/h2-6,12H,7-8H2,1H3,(H,16,19)(H,18,20). The van der Waals surface area contributed by atoms with E-state index in [0.29, 0.717) is 18.5 Å². The Morgan fingerprint density at radius 2 is 1.95 bits per heavy atom. The smallest absolute Gasteiger partial charge is 0.272 e. The summed E-state index contributed by atoms with van der Waals surface area (Å²) < 4.78 is 0. The Balaban J connectivity index is 1.91. The second kappa shape index (κ2) is 4.92. The normalized spacial score (nSPS) is 18.1. The van der Waals surface area contributed by atoms with E-state index in [-0.39, 0.29) is 17.4 Å². The van der Waals surface area contributed by atoms with Crippen LogP contribution in [0, 0.1) is 6.92 Å². The zero-order chi connectivity index (χ0) is 14.1. The Morgan fingerprint density at radius 1 is 1.20 bits per heavy atom. The molecule has 2 heterocycles. The molecule has 0 radical (unpaired) electrons. The maximum atomic E-state index is 11.8. The van der Waals surface area contributed by atoms with Crippen molar-refractivity contribution >= 4 is 5.91 Å². The molecule has 5 nitrogen and oxygen atoms in total. The maximum Gasteiger partial charge on any atom is 0.272 e. The Hall–Kier alpha value is -2.43. The van der Waals surface area contributed by atoms with E-state index < -0.39 is 0 Å². The molecule has 1 aromatic heterocycles. The lowest BCUT2D eigenvalue weighted by Gasteiger charge is -2.08. The molecule has 1 aliphatic heterocycles. The number of nitrogens with zero attached hydrogens (tertiary/aromatic N) is 1. The lowest BCUT2D eigenvalue weighted by Crippen LogP contribution is -2.13. The van der Waals surface area contributed by atoms with Crippen LogP contribution in [-0.4, -0.2) is 22.6 Å². The molecule has 1 unspecified atom stereocenters. The number of carbonyl (C=O) groups is 1. The first-order valence-corrected chi connectivity index (χ1v) is 6.57. The molecular weight excluding hydrogens is 254 g/mol. The summed E-state index contributed by atoms with van der Waals surface area (Å²) in [6, 6.07) is 9.57. The lowest BCUT2D eigenvalue weighted by atomic mass is 9.96. The van der Waals surface area contributed by atoms with Crippen molar-refractivity contribution in [3.05, 3.63) is 51.9 Å². The van der Waals surface area contributed by atoms with Crippen LogP contribution in [0.2, 0.25) is 0 Å². The average molecular weight is 269 g/mol. The topological polar surface area (TPSA) is 74.8 Å². The number of aromatic nitrogens is 2. The highest BCUT2D eigenvalue weighted by atomic mass is 16.2. The number of nitrogens with one attached hydrogen (secondary N) is 2. The van der Waals surface area contributed by atoms with Crippen LogP contribution in [0.1, 0.15) is 23.6 Å². The van der Waals surface area contributed by atoms with Gasteiger partial charge < -0.3 is 5.32 Å². The minimum atomic E-state index is -0.193. The molecule has 0 saturated carbocycles. The molecule has 0 spiro atoms. The number of aryl methyl sites for hydroxylation is 1. The van der Waals surface area contributed by atoms with E-state index in [1.165, 1.54) is 0 Å². The lowest BCUT2D eigenvalue weighted by molar-refractivity contribution is -0.119. The predicted molar refractivity (Wildman–Crippen MR) is 75.4 cm³/mol. The Labute approximate surface area is 116 Å². The summed E-state index contributed by atoms with van der Waals surface area (Å²) in [6.45, 7) is 2.52. The molecule has 2 aromatic rings. The summed E-state index contributed by atoms with van der Waals surface area (Å²) in [5, 5.41) is 9.18. The zero-order valence-corrected chi connectivity index (χ0v) is 11.1. The number of rotatable bonds is 2. The van der Waals surface area contributed by atoms with Crippen LogP contribution >= 0.6 is 0 Å². The van der Waals surface area contributed by atoms with Gasteiger partial charge in [0.15, 0.2) is 0 Å². The molecule has 1 atom stereocenters. The molecule has 0 aliphatic carbocycles. The molecule has 1 fully saturated rings. The maximum absolute atomic E-state index is 11.8. The van der Waals surface area contributed by atoms with E-state index in [4.69, 9.17) is 0 Å². The summed E-state index contributed by atoms with van der Waals surface area (Å²) in [5.41, 5.74) is 3.17.